The molecular weight excluding hydrogens is 204 g/mol. The number of nitrogens with zero attached hydrogens (tertiary/aromatic N) is 2. The Morgan fingerprint density at radius 3 is 2.12 bits per heavy atom. The minimum Gasteiger partial charge on any atom is -0.478 e. The predicted molar refractivity (Wildman–Crippen MR) is 59.2 cm³/mol. The lowest BCUT2D eigenvalue weighted by Crippen LogP contribution is -1.97. The Kier molecular flexibility index (Phi) is 2.64. The summed E-state index contributed by atoms with van der Waals surface area (Å²) >= 11 is 0. The molecule has 0 aromatic carbocycles. The predicted octanol–water partition coefficient (Wildman–Crippen LogP) is 2.15. The fourth-order valence-corrected chi connectivity index (χ4v) is 1.29. The molecule has 0 amide bonds. The van der Waals surface area contributed by atoms with Gasteiger partial charge in [0, 0.05) is 12.4 Å². The second kappa shape index (κ2) is 4.10. The summed E-state index contributed by atoms with van der Waals surface area (Å²) in [7, 11) is 0. The second-order valence-electron chi connectivity index (χ2n) is 3.46. The van der Waals surface area contributed by atoms with E-state index in [4.69, 9.17) is 5.11 Å². The third-order valence-corrected chi connectivity index (χ3v) is 2.18. The average Bonchev–Trinajstić information content (AvgIpc) is 2.30. The van der Waals surface area contributed by atoms with Crippen molar-refractivity contribution < 1.29 is 9.90 Å². The summed E-state index contributed by atoms with van der Waals surface area (Å²) in [5.41, 5.74) is 2.66. The SMILES string of the molecule is Cc1ccc(-c2ccc(C(=O)O)cn2)nc1. The molecule has 0 bridgehead atoms. The Hall–Kier alpha value is -2.23. The van der Waals surface area contributed by atoms with E-state index in [2.05, 4.69) is 9.97 Å². The van der Waals surface area contributed by atoms with Gasteiger partial charge in [-0.25, -0.2) is 4.79 Å². The molecule has 1 N–H and O–H groups in total. The van der Waals surface area contributed by atoms with E-state index < -0.39 is 5.97 Å². The van der Waals surface area contributed by atoms with Gasteiger partial charge in [-0.2, -0.15) is 0 Å². The number of rotatable bonds is 2. The van der Waals surface area contributed by atoms with Crippen LogP contribution in [0.1, 0.15) is 15.9 Å². The van der Waals surface area contributed by atoms with Crippen molar-refractivity contribution in [3.63, 3.8) is 0 Å². The quantitative estimate of drug-likeness (QED) is 0.831. The van der Waals surface area contributed by atoms with Crippen LogP contribution in [0.3, 0.4) is 0 Å². The van der Waals surface area contributed by atoms with E-state index in [1.165, 1.54) is 12.3 Å². The third kappa shape index (κ3) is 2.06. The highest BCUT2D eigenvalue weighted by atomic mass is 16.4. The zero-order chi connectivity index (χ0) is 11.5. The molecule has 0 spiro atoms. The minimum atomic E-state index is -0.976. The summed E-state index contributed by atoms with van der Waals surface area (Å²) in [6.45, 7) is 1.96. The van der Waals surface area contributed by atoms with Gasteiger partial charge in [0.1, 0.15) is 0 Å². The van der Waals surface area contributed by atoms with Crippen molar-refractivity contribution in [2.75, 3.05) is 0 Å². The molecule has 16 heavy (non-hydrogen) atoms. The molecular formula is C12H10N2O2. The van der Waals surface area contributed by atoms with Crippen molar-refractivity contribution >= 4 is 5.97 Å². The van der Waals surface area contributed by atoms with Gasteiger partial charge in [0.2, 0.25) is 0 Å². The van der Waals surface area contributed by atoms with E-state index in [0.29, 0.717) is 5.69 Å². The lowest BCUT2D eigenvalue weighted by atomic mass is 10.2. The lowest BCUT2D eigenvalue weighted by Gasteiger charge is -2.00. The summed E-state index contributed by atoms with van der Waals surface area (Å²) < 4.78 is 0. The van der Waals surface area contributed by atoms with E-state index in [1.807, 2.05) is 19.1 Å². The van der Waals surface area contributed by atoms with Crippen LogP contribution in [0.5, 0.6) is 0 Å². The molecule has 0 radical (unpaired) electrons. The summed E-state index contributed by atoms with van der Waals surface area (Å²) in [4.78, 5) is 18.9. The first-order valence-corrected chi connectivity index (χ1v) is 4.79. The Morgan fingerprint density at radius 2 is 1.69 bits per heavy atom. The van der Waals surface area contributed by atoms with Gasteiger partial charge in [0.15, 0.2) is 0 Å². The molecule has 4 heteroatoms. The second-order valence-corrected chi connectivity index (χ2v) is 3.46. The molecule has 0 saturated carbocycles. The maximum Gasteiger partial charge on any atom is 0.337 e. The molecule has 0 unspecified atom stereocenters. The number of aromatic nitrogens is 2. The first-order chi connectivity index (χ1) is 7.66. The highest BCUT2D eigenvalue weighted by molar-refractivity contribution is 5.87. The van der Waals surface area contributed by atoms with Gasteiger partial charge >= 0.3 is 5.97 Å². The Balaban J connectivity index is 2.34. The highest BCUT2D eigenvalue weighted by Crippen LogP contribution is 2.14. The van der Waals surface area contributed by atoms with Crippen molar-refractivity contribution in [1.29, 1.82) is 0 Å². The minimum absolute atomic E-state index is 0.177. The molecule has 0 atom stereocenters. The number of aryl methyl sites for hydroxylation is 1. The van der Waals surface area contributed by atoms with Gasteiger partial charge in [0.05, 0.1) is 17.0 Å². The van der Waals surface area contributed by atoms with E-state index in [-0.39, 0.29) is 5.56 Å². The van der Waals surface area contributed by atoms with Crippen molar-refractivity contribution in [1.82, 2.24) is 9.97 Å². The number of hydrogen-bond acceptors (Lipinski definition) is 3. The van der Waals surface area contributed by atoms with Crippen LogP contribution in [0, 0.1) is 6.92 Å². The fraction of sp³-hybridized carbons (Fsp3) is 0.0833. The molecule has 2 heterocycles. The smallest absolute Gasteiger partial charge is 0.337 e. The molecule has 0 aliphatic carbocycles. The van der Waals surface area contributed by atoms with E-state index >= 15 is 0 Å². The number of hydrogen-bond donors (Lipinski definition) is 1. The van der Waals surface area contributed by atoms with E-state index in [0.717, 1.165) is 11.3 Å². The van der Waals surface area contributed by atoms with Crippen molar-refractivity contribution in [3.8, 4) is 11.4 Å². The van der Waals surface area contributed by atoms with Crippen LogP contribution in [0.25, 0.3) is 11.4 Å². The van der Waals surface area contributed by atoms with Gasteiger partial charge in [-0.3, -0.25) is 9.97 Å². The molecule has 80 valence electrons. The number of carboxylic acid groups (broad SMARTS) is 1. The molecule has 2 aromatic rings. The van der Waals surface area contributed by atoms with Gasteiger partial charge < -0.3 is 5.11 Å². The Morgan fingerprint density at radius 1 is 1.06 bits per heavy atom. The number of carbonyl (C=O) groups is 1. The summed E-state index contributed by atoms with van der Waals surface area (Å²) in [5, 5.41) is 8.73. The van der Waals surface area contributed by atoms with Crippen LogP contribution < -0.4 is 0 Å². The fourth-order valence-electron chi connectivity index (χ4n) is 1.29. The third-order valence-electron chi connectivity index (χ3n) is 2.18. The highest BCUT2D eigenvalue weighted by Gasteiger charge is 2.04. The molecule has 0 aliphatic rings. The van der Waals surface area contributed by atoms with Crippen LogP contribution in [0.4, 0.5) is 0 Å². The van der Waals surface area contributed by atoms with E-state index in [1.54, 1.807) is 12.3 Å². The van der Waals surface area contributed by atoms with Gasteiger partial charge in [-0.05, 0) is 30.7 Å². The van der Waals surface area contributed by atoms with Crippen LogP contribution in [0.15, 0.2) is 36.7 Å². The van der Waals surface area contributed by atoms with Gasteiger partial charge in [0.25, 0.3) is 0 Å². The molecule has 0 fully saturated rings. The largest absolute Gasteiger partial charge is 0.478 e. The van der Waals surface area contributed by atoms with Gasteiger partial charge in [-0.15, -0.1) is 0 Å². The number of pyridine rings is 2. The van der Waals surface area contributed by atoms with Crippen LogP contribution >= 0.6 is 0 Å². The number of carboxylic acids is 1. The Labute approximate surface area is 92.6 Å². The maximum absolute atomic E-state index is 10.6. The first kappa shape index (κ1) is 10.3. The Bertz CT molecular complexity index is 504. The normalized spacial score (nSPS) is 10.1. The van der Waals surface area contributed by atoms with Crippen molar-refractivity contribution in [3.05, 3.63) is 47.8 Å². The van der Waals surface area contributed by atoms with Crippen molar-refractivity contribution in [2.24, 2.45) is 0 Å². The summed E-state index contributed by atoms with van der Waals surface area (Å²) in [5.74, 6) is -0.976. The van der Waals surface area contributed by atoms with Crippen LogP contribution in [-0.2, 0) is 0 Å². The van der Waals surface area contributed by atoms with Gasteiger partial charge in [-0.1, -0.05) is 6.07 Å². The maximum atomic E-state index is 10.6. The molecule has 2 aromatic heterocycles. The average molecular weight is 214 g/mol. The molecule has 2 rings (SSSR count). The lowest BCUT2D eigenvalue weighted by molar-refractivity contribution is 0.0696. The van der Waals surface area contributed by atoms with E-state index in [9.17, 15) is 4.79 Å². The zero-order valence-corrected chi connectivity index (χ0v) is 8.71. The van der Waals surface area contributed by atoms with Crippen molar-refractivity contribution in [2.45, 2.75) is 6.92 Å². The summed E-state index contributed by atoms with van der Waals surface area (Å²) in [6.07, 6.45) is 3.08. The standard InChI is InChI=1S/C12H10N2O2/c1-8-2-4-10(13-6-8)11-5-3-9(7-14-11)12(15)16/h2-7H,1H3,(H,15,16). The van der Waals surface area contributed by atoms with Crippen LogP contribution in [0.2, 0.25) is 0 Å². The van der Waals surface area contributed by atoms with Crippen LogP contribution in [-0.4, -0.2) is 21.0 Å². The molecule has 4 nitrogen and oxygen atoms in total. The number of aromatic carboxylic acids is 1. The summed E-state index contributed by atoms with van der Waals surface area (Å²) in [6, 6.07) is 6.97. The molecule has 0 saturated heterocycles. The molecule has 0 aliphatic heterocycles. The zero-order valence-electron chi connectivity index (χ0n) is 8.71. The first-order valence-electron chi connectivity index (χ1n) is 4.79. The topological polar surface area (TPSA) is 63.1 Å². The monoisotopic (exact) mass is 214 g/mol.